The van der Waals surface area contributed by atoms with Gasteiger partial charge in [0.15, 0.2) is 0 Å². The molecule has 1 fully saturated rings. The number of hydrogen-bond acceptors (Lipinski definition) is 4. The first-order valence-electron chi connectivity index (χ1n) is 8.58. The van der Waals surface area contributed by atoms with E-state index >= 15 is 0 Å². The number of aryl methyl sites for hydroxylation is 1. The highest BCUT2D eigenvalue weighted by Crippen LogP contribution is 2.27. The second-order valence-electron chi connectivity index (χ2n) is 6.57. The molecule has 5 nitrogen and oxygen atoms in total. The first kappa shape index (κ1) is 16.3. The van der Waals surface area contributed by atoms with Gasteiger partial charge in [-0.3, -0.25) is 4.21 Å². The zero-order chi connectivity index (χ0) is 17.4. The number of hydrogen-bond donors (Lipinski definition) is 0. The lowest BCUT2D eigenvalue weighted by Crippen LogP contribution is -2.37. The van der Waals surface area contributed by atoms with Crippen LogP contribution in [0.1, 0.15) is 12.8 Å². The molecule has 4 rings (SSSR count). The molecule has 0 saturated carbocycles. The van der Waals surface area contributed by atoms with E-state index in [0.717, 1.165) is 54.2 Å². The number of imidazole rings is 1. The fourth-order valence-electron chi connectivity index (χ4n) is 3.55. The number of pyridine rings is 1. The maximum atomic E-state index is 11.7. The first-order valence-corrected chi connectivity index (χ1v) is 10.2. The van der Waals surface area contributed by atoms with Crippen LogP contribution < -0.4 is 4.90 Å². The molecule has 0 N–H and O–H groups in total. The van der Waals surface area contributed by atoms with Crippen molar-refractivity contribution in [3.8, 4) is 11.4 Å². The average Bonchev–Trinajstić information content (AvgIpc) is 2.99. The number of nitrogens with zero attached hydrogens (tertiary/aromatic N) is 4. The zero-order valence-corrected chi connectivity index (χ0v) is 15.4. The number of aromatic nitrogens is 3. The van der Waals surface area contributed by atoms with E-state index in [1.165, 1.54) is 0 Å². The van der Waals surface area contributed by atoms with E-state index in [9.17, 15) is 4.21 Å². The van der Waals surface area contributed by atoms with E-state index < -0.39 is 10.8 Å². The number of benzene rings is 1. The van der Waals surface area contributed by atoms with Crippen molar-refractivity contribution in [2.45, 2.75) is 18.1 Å². The summed E-state index contributed by atoms with van der Waals surface area (Å²) in [6.45, 7) is 1.81. The van der Waals surface area contributed by atoms with Crippen molar-refractivity contribution >= 4 is 27.7 Å². The van der Waals surface area contributed by atoms with Gasteiger partial charge < -0.3 is 9.47 Å². The lowest BCUT2D eigenvalue weighted by molar-refractivity contribution is 0.569. The van der Waals surface area contributed by atoms with Crippen LogP contribution in [-0.4, -0.2) is 43.3 Å². The van der Waals surface area contributed by atoms with E-state index in [4.69, 9.17) is 4.98 Å². The van der Waals surface area contributed by atoms with Crippen molar-refractivity contribution in [2.75, 3.05) is 24.2 Å². The van der Waals surface area contributed by atoms with Crippen LogP contribution in [0.25, 0.3) is 22.4 Å². The van der Waals surface area contributed by atoms with Crippen molar-refractivity contribution < 1.29 is 4.21 Å². The van der Waals surface area contributed by atoms with Crippen LogP contribution in [0, 0.1) is 0 Å². The van der Waals surface area contributed by atoms with Crippen molar-refractivity contribution in [1.29, 1.82) is 0 Å². The standard InChI is InChI=1S/C19H22N4OS/c1-22-17-6-4-3-5-16(17)21-19(22)14-7-10-20-18(13-14)23-11-8-15(9-12-23)25(2)24/h3-7,10,13,15H,8-9,11-12H2,1-2H3. The molecule has 0 spiro atoms. The smallest absolute Gasteiger partial charge is 0.141 e. The van der Waals surface area contributed by atoms with Gasteiger partial charge in [0.2, 0.25) is 0 Å². The van der Waals surface area contributed by atoms with Crippen molar-refractivity contribution in [2.24, 2.45) is 7.05 Å². The van der Waals surface area contributed by atoms with Crippen LogP contribution in [-0.2, 0) is 17.8 Å². The molecule has 6 heteroatoms. The maximum Gasteiger partial charge on any atom is 0.141 e. The minimum Gasteiger partial charge on any atom is -0.357 e. The van der Waals surface area contributed by atoms with E-state index in [1.54, 1.807) is 0 Å². The summed E-state index contributed by atoms with van der Waals surface area (Å²) in [6.07, 6.45) is 5.58. The highest BCUT2D eigenvalue weighted by Gasteiger charge is 2.23. The van der Waals surface area contributed by atoms with Crippen LogP contribution in [0.4, 0.5) is 5.82 Å². The molecule has 1 saturated heterocycles. The van der Waals surface area contributed by atoms with Crippen molar-refractivity contribution in [3.05, 3.63) is 42.6 Å². The third-order valence-corrected chi connectivity index (χ3v) is 6.44. The van der Waals surface area contributed by atoms with Crippen molar-refractivity contribution in [1.82, 2.24) is 14.5 Å². The lowest BCUT2D eigenvalue weighted by atomic mass is 10.1. The van der Waals surface area contributed by atoms with E-state index in [0.29, 0.717) is 5.25 Å². The number of anilines is 1. The predicted molar refractivity (Wildman–Crippen MR) is 103 cm³/mol. The zero-order valence-electron chi connectivity index (χ0n) is 14.6. The lowest BCUT2D eigenvalue weighted by Gasteiger charge is -2.32. The Morgan fingerprint density at radius 2 is 1.92 bits per heavy atom. The normalized spacial score (nSPS) is 17.1. The van der Waals surface area contributed by atoms with Crippen LogP contribution in [0.2, 0.25) is 0 Å². The molecule has 1 aliphatic rings. The van der Waals surface area contributed by atoms with Gasteiger partial charge in [-0.1, -0.05) is 12.1 Å². The second kappa shape index (κ2) is 6.59. The van der Waals surface area contributed by atoms with Crippen LogP contribution >= 0.6 is 0 Å². The number of fused-ring (bicyclic) bond motifs is 1. The molecule has 1 atom stereocenters. The minimum atomic E-state index is -0.730. The Bertz CT molecular complexity index is 928. The molecular formula is C19H22N4OS. The monoisotopic (exact) mass is 354 g/mol. The molecule has 1 aromatic carbocycles. The fraction of sp³-hybridized carbons (Fsp3) is 0.368. The Morgan fingerprint density at radius 3 is 2.64 bits per heavy atom. The van der Waals surface area contributed by atoms with Gasteiger partial charge in [-0.15, -0.1) is 0 Å². The van der Waals surface area contributed by atoms with Crippen LogP contribution in [0.5, 0.6) is 0 Å². The van der Waals surface area contributed by atoms with Gasteiger partial charge >= 0.3 is 0 Å². The first-order chi connectivity index (χ1) is 12.1. The van der Waals surface area contributed by atoms with Gasteiger partial charge in [0.05, 0.1) is 11.0 Å². The van der Waals surface area contributed by atoms with Crippen LogP contribution in [0.3, 0.4) is 0 Å². The summed E-state index contributed by atoms with van der Waals surface area (Å²) in [4.78, 5) is 11.6. The largest absolute Gasteiger partial charge is 0.357 e. The fourth-order valence-corrected chi connectivity index (χ4v) is 4.43. The summed E-state index contributed by atoms with van der Waals surface area (Å²) >= 11 is 0. The van der Waals surface area contributed by atoms with Gasteiger partial charge in [-0.05, 0) is 37.1 Å². The molecule has 3 aromatic rings. The number of piperidine rings is 1. The predicted octanol–water partition coefficient (Wildman–Crippen LogP) is 2.98. The van der Waals surface area contributed by atoms with Gasteiger partial charge in [0.25, 0.3) is 0 Å². The van der Waals surface area contributed by atoms with Gasteiger partial charge in [-0.2, -0.15) is 0 Å². The summed E-state index contributed by atoms with van der Waals surface area (Å²) in [5, 5.41) is 0.319. The summed E-state index contributed by atoms with van der Waals surface area (Å²) in [7, 11) is 1.32. The Morgan fingerprint density at radius 1 is 1.16 bits per heavy atom. The molecule has 0 bridgehead atoms. The van der Waals surface area contributed by atoms with Crippen molar-refractivity contribution in [3.63, 3.8) is 0 Å². The number of rotatable bonds is 3. The third kappa shape index (κ3) is 3.06. The SMILES string of the molecule is Cn1c(-c2ccnc(N3CCC(S(C)=O)CC3)c2)nc2ccccc21. The molecule has 25 heavy (non-hydrogen) atoms. The molecule has 2 aromatic heterocycles. The molecule has 3 heterocycles. The Balaban J connectivity index is 1.63. The molecule has 130 valence electrons. The van der Waals surface area contributed by atoms with Gasteiger partial charge in [0.1, 0.15) is 11.6 Å². The molecule has 1 unspecified atom stereocenters. The number of para-hydroxylation sites is 2. The van der Waals surface area contributed by atoms with Crippen LogP contribution in [0.15, 0.2) is 42.6 Å². The molecule has 0 aliphatic carbocycles. The average molecular weight is 354 g/mol. The third-order valence-electron chi connectivity index (χ3n) is 5.03. The molecule has 1 aliphatic heterocycles. The quantitative estimate of drug-likeness (QED) is 0.726. The van der Waals surface area contributed by atoms with E-state index in [-0.39, 0.29) is 0 Å². The summed E-state index contributed by atoms with van der Waals surface area (Å²) in [5.74, 6) is 1.93. The Kier molecular flexibility index (Phi) is 4.29. The molecule has 0 radical (unpaired) electrons. The van der Waals surface area contributed by atoms with E-state index in [2.05, 4.69) is 26.6 Å². The molecular weight excluding hydrogens is 332 g/mol. The molecule has 0 amide bonds. The summed E-state index contributed by atoms with van der Waals surface area (Å²) in [5.41, 5.74) is 3.21. The minimum absolute atomic E-state index is 0.319. The summed E-state index contributed by atoms with van der Waals surface area (Å²) in [6, 6.07) is 12.3. The highest BCUT2D eigenvalue weighted by molar-refractivity contribution is 7.84. The summed E-state index contributed by atoms with van der Waals surface area (Å²) < 4.78 is 13.8. The van der Waals surface area contributed by atoms with Gasteiger partial charge in [0, 0.05) is 54.2 Å². The second-order valence-corrected chi connectivity index (χ2v) is 8.23. The van der Waals surface area contributed by atoms with E-state index in [1.807, 2.05) is 43.8 Å². The highest BCUT2D eigenvalue weighted by atomic mass is 32.2. The Hall–Kier alpha value is -2.21. The Labute approximate surface area is 150 Å². The van der Waals surface area contributed by atoms with Gasteiger partial charge in [-0.25, -0.2) is 9.97 Å². The topological polar surface area (TPSA) is 51.0 Å². The maximum absolute atomic E-state index is 11.7.